The third-order valence-corrected chi connectivity index (χ3v) is 1.89. The molecule has 0 saturated heterocycles. The van der Waals surface area contributed by atoms with E-state index in [9.17, 15) is 14.7 Å². The average molecular weight is 259 g/mol. The van der Waals surface area contributed by atoms with Crippen molar-refractivity contribution >= 4 is 11.9 Å². The summed E-state index contributed by atoms with van der Waals surface area (Å²) in [5.74, 6) is -1.20. The maximum absolute atomic E-state index is 11.3. The van der Waals surface area contributed by atoms with Gasteiger partial charge in [-0.1, -0.05) is 12.1 Å². The fourth-order valence-electron chi connectivity index (χ4n) is 1.23. The molecule has 0 aliphatic heterocycles. The summed E-state index contributed by atoms with van der Waals surface area (Å²) in [5, 5.41) is 13.2. The molecule has 18 heavy (non-hydrogen) atoms. The smallest absolute Gasteiger partial charge is 0.545 e. The summed E-state index contributed by atoms with van der Waals surface area (Å²) in [6, 6.07) is 5.87. The number of amides is 1. The number of carboxylic acids is 1. The van der Waals surface area contributed by atoms with Gasteiger partial charge in [0.1, 0.15) is 5.75 Å². The summed E-state index contributed by atoms with van der Waals surface area (Å²) in [6.45, 7) is 3.54. The van der Waals surface area contributed by atoms with Crippen molar-refractivity contribution in [2.75, 3.05) is 6.61 Å². The van der Waals surface area contributed by atoms with Crippen LogP contribution in [-0.2, 0) is 4.79 Å². The van der Waals surface area contributed by atoms with Crippen molar-refractivity contribution < 1.29 is 49.0 Å². The molecule has 0 aromatic heterocycles. The van der Waals surface area contributed by atoms with Gasteiger partial charge in [0.25, 0.3) is 5.91 Å². The fourth-order valence-corrected chi connectivity index (χ4v) is 1.23. The zero-order valence-electron chi connectivity index (χ0n) is 10.7. The molecule has 0 radical (unpaired) electrons. The number of rotatable bonds is 5. The van der Waals surface area contributed by atoms with Crippen molar-refractivity contribution in [1.29, 1.82) is 0 Å². The first-order valence-corrected chi connectivity index (χ1v) is 5.22. The summed E-state index contributed by atoms with van der Waals surface area (Å²) in [4.78, 5) is 21.9. The second-order valence-corrected chi connectivity index (χ2v) is 3.83. The minimum absolute atomic E-state index is 0. The van der Waals surface area contributed by atoms with E-state index in [-0.39, 0.29) is 53.7 Å². The van der Waals surface area contributed by atoms with Gasteiger partial charge in [0.15, 0.2) is 6.61 Å². The van der Waals surface area contributed by atoms with Crippen LogP contribution in [0.1, 0.15) is 24.2 Å². The Hall–Kier alpha value is -1.04. The van der Waals surface area contributed by atoms with E-state index >= 15 is 0 Å². The van der Waals surface area contributed by atoms with E-state index in [1.807, 2.05) is 13.8 Å². The van der Waals surface area contributed by atoms with Crippen LogP contribution >= 0.6 is 0 Å². The van der Waals surface area contributed by atoms with Gasteiger partial charge in [-0.3, -0.25) is 4.79 Å². The first kappa shape index (κ1) is 17.0. The molecule has 1 aromatic rings. The molecule has 0 aliphatic rings. The number of nitrogens with one attached hydrogen (secondary N) is 1. The number of hydrogen-bond donors (Lipinski definition) is 1. The molecular weight excluding hydrogens is 245 g/mol. The number of aromatic carboxylic acids is 1. The zero-order valence-corrected chi connectivity index (χ0v) is 12.7. The fraction of sp³-hybridized carbons (Fsp3) is 0.333. The van der Waals surface area contributed by atoms with Gasteiger partial charge in [-0.2, -0.15) is 0 Å². The predicted octanol–water partition coefficient (Wildman–Crippen LogP) is -3.04. The third kappa shape index (κ3) is 6.05. The Balaban J connectivity index is 0.00000289. The molecule has 1 N–H and O–H groups in total. The van der Waals surface area contributed by atoms with Crippen LogP contribution in [0.25, 0.3) is 0 Å². The molecule has 5 nitrogen and oxygen atoms in total. The molecular formula is C12H14NNaO4. The topological polar surface area (TPSA) is 78.5 Å². The molecule has 1 rings (SSSR count). The molecule has 6 heteroatoms. The minimum Gasteiger partial charge on any atom is -0.545 e. The SMILES string of the molecule is CC(C)NC(=O)COc1cccc(C(=O)[O-])c1.[Na+]. The Labute approximate surface area is 128 Å². The maximum Gasteiger partial charge on any atom is 1.00 e. The summed E-state index contributed by atoms with van der Waals surface area (Å²) in [7, 11) is 0. The van der Waals surface area contributed by atoms with E-state index in [1.54, 1.807) is 6.07 Å². The Morgan fingerprint density at radius 3 is 2.61 bits per heavy atom. The molecule has 0 bridgehead atoms. The molecule has 0 unspecified atom stereocenters. The predicted molar refractivity (Wildman–Crippen MR) is 59.5 cm³/mol. The van der Waals surface area contributed by atoms with Gasteiger partial charge in [-0.15, -0.1) is 0 Å². The number of benzene rings is 1. The number of ether oxygens (including phenoxy) is 1. The van der Waals surface area contributed by atoms with Gasteiger partial charge in [0.2, 0.25) is 0 Å². The van der Waals surface area contributed by atoms with Gasteiger partial charge < -0.3 is 20.0 Å². The van der Waals surface area contributed by atoms with Crippen molar-refractivity contribution in [3.05, 3.63) is 29.8 Å². The van der Waals surface area contributed by atoms with Crippen molar-refractivity contribution in [2.24, 2.45) is 0 Å². The Bertz CT molecular complexity index is 420. The van der Waals surface area contributed by atoms with E-state index in [2.05, 4.69) is 5.32 Å². The normalized spacial score (nSPS) is 9.50. The Kier molecular flexibility index (Phi) is 7.66. The molecule has 0 heterocycles. The number of carbonyl (C=O) groups excluding carboxylic acids is 2. The quantitative estimate of drug-likeness (QED) is 0.570. The number of carbonyl (C=O) groups is 2. The van der Waals surface area contributed by atoms with Crippen LogP contribution in [0.5, 0.6) is 5.75 Å². The van der Waals surface area contributed by atoms with Crippen LogP contribution in [-0.4, -0.2) is 24.5 Å². The van der Waals surface area contributed by atoms with E-state index in [0.717, 1.165) is 0 Å². The van der Waals surface area contributed by atoms with E-state index in [4.69, 9.17) is 4.74 Å². The van der Waals surface area contributed by atoms with E-state index in [0.29, 0.717) is 5.75 Å². The minimum atomic E-state index is -1.28. The van der Waals surface area contributed by atoms with Crippen LogP contribution in [0, 0.1) is 0 Å². The second-order valence-electron chi connectivity index (χ2n) is 3.83. The van der Waals surface area contributed by atoms with Gasteiger partial charge in [0.05, 0.1) is 5.97 Å². The van der Waals surface area contributed by atoms with Gasteiger partial charge in [-0.25, -0.2) is 0 Å². The summed E-state index contributed by atoms with van der Waals surface area (Å²) >= 11 is 0. The van der Waals surface area contributed by atoms with E-state index < -0.39 is 5.97 Å². The second kappa shape index (κ2) is 8.13. The van der Waals surface area contributed by atoms with Crippen LogP contribution < -0.4 is 44.7 Å². The third-order valence-electron chi connectivity index (χ3n) is 1.89. The van der Waals surface area contributed by atoms with Crippen molar-refractivity contribution in [1.82, 2.24) is 5.32 Å². The van der Waals surface area contributed by atoms with Crippen molar-refractivity contribution in [3.63, 3.8) is 0 Å². The molecule has 0 aliphatic carbocycles. The van der Waals surface area contributed by atoms with Gasteiger partial charge in [-0.05, 0) is 26.0 Å². The largest absolute Gasteiger partial charge is 1.00 e. The molecule has 1 aromatic carbocycles. The van der Waals surface area contributed by atoms with Crippen LogP contribution in [0.2, 0.25) is 0 Å². The summed E-state index contributed by atoms with van der Waals surface area (Å²) in [5.41, 5.74) is 0.0202. The molecule has 0 fully saturated rings. The van der Waals surface area contributed by atoms with E-state index in [1.165, 1.54) is 18.2 Å². The van der Waals surface area contributed by atoms with Crippen LogP contribution in [0.3, 0.4) is 0 Å². The van der Waals surface area contributed by atoms with Crippen molar-refractivity contribution in [2.45, 2.75) is 19.9 Å². The first-order valence-electron chi connectivity index (χ1n) is 5.22. The number of hydrogen-bond acceptors (Lipinski definition) is 4. The Morgan fingerprint density at radius 2 is 2.06 bits per heavy atom. The summed E-state index contributed by atoms with van der Waals surface area (Å²) in [6.07, 6.45) is 0. The van der Waals surface area contributed by atoms with Gasteiger partial charge in [0, 0.05) is 11.6 Å². The average Bonchev–Trinajstić information content (AvgIpc) is 2.26. The molecule has 0 spiro atoms. The van der Waals surface area contributed by atoms with Gasteiger partial charge >= 0.3 is 29.6 Å². The molecule has 92 valence electrons. The molecule has 0 saturated carbocycles. The monoisotopic (exact) mass is 259 g/mol. The maximum atomic E-state index is 11.3. The molecule has 1 amide bonds. The zero-order chi connectivity index (χ0) is 12.8. The van der Waals surface area contributed by atoms with Crippen molar-refractivity contribution in [3.8, 4) is 5.75 Å². The number of carboxylic acid groups (broad SMARTS) is 1. The molecule has 0 atom stereocenters. The van der Waals surface area contributed by atoms with Crippen LogP contribution in [0.15, 0.2) is 24.3 Å². The first-order chi connectivity index (χ1) is 7.99. The standard InChI is InChI=1S/C12H15NO4.Na/c1-8(2)13-11(14)7-17-10-5-3-4-9(6-10)12(15)16;/h3-6,8H,7H2,1-2H3,(H,13,14)(H,15,16);/q;+1/p-1. The Morgan fingerprint density at radius 1 is 1.39 bits per heavy atom. The van der Waals surface area contributed by atoms with Crippen LogP contribution in [0.4, 0.5) is 0 Å². The summed E-state index contributed by atoms with van der Waals surface area (Å²) < 4.78 is 5.16.